The molecular weight excluding hydrogens is 418 g/mol. The van der Waals surface area contributed by atoms with Crippen LogP contribution in [0.15, 0.2) is 59.6 Å². The van der Waals surface area contributed by atoms with Gasteiger partial charge in [-0.05, 0) is 31.0 Å². The Morgan fingerprint density at radius 2 is 1.97 bits per heavy atom. The molecule has 1 N–H and O–H groups in total. The summed E-state index contributed by atoms with van der Waals surface area (Å²) in [4.78, 5) is 42.1. The number of non-ortho nitro benzene ring substituents is 1. The highest BCUT2D eigenvalue weighted by Crippen LogP contribution is 2.43. The number of nitrogens with zero attached hydrogens (tertiary/aromatic N) is 3. The maximum Gasteiger partial charge on any atom is 0.301 e. The van der Waals surface area contributed by atoms with E-state index in [1.165, 1.54) is 29.3 Å². The predicted molar refractivity (Wildman–Crippen MR) is 116 cm³/mol. The topological polar surface area (TPSA) is 114 Å². The van der Waals surface area contributed by atoms with Crippen molar-refractivity contribution in [3.8, 4) is 0 Å². The number of aliphatic hydroxyl groups excluding tert-OH is 1. The molecule has 0 radical (unpaired) electrons. The number of aromatic nitrogens is 1. The molecule has 0 bridgehead atoms. The molecule has 0 spiro atoms. The average molecular weight is 435 g/mol. The summed E-state index contributed by atoms with van der Waals surface area (Å²) < 4.78 is 0. The molecule has 1 aliphatic heterocycles. The number of nitro benzene ring substituents is 1. The number of aryl methyl sites for hydroxylation is 2. The van der Waals surface area contributed by atoms with Crippen molar-refractivity contribution in [3.05, 3.63) is 92.0 Å². The summed E-state index contributed by atoms with van der Waals surface area (Å²) in [6.07, 6.45) is 1.49. The van der Waals surface area contributed by atoms with Crippen LogP contribution in [0.25, 0.3) is 5.76 Å². The Morgan fingerprint density at radius 1 is 1.19 bits per heavy atom. The zero-order chi connectivity index (χ0) is 22.3. The van der Waals surface area contributed by atoms with Crippen LogP contribution in [-0.2, 0) is 9.59 Å². The number of thiazole rings is 1. The summed E-state index contributed by atoms with van der Waals surface area (Å²) in [6, 6.07) is 10.0. The number of rotatable bonds is 4. The van der Waals surface area contributed by atoms with Crippen LogP contribution in [0.1, 0.15) is 28.3 Å². The van der Waals surface area contributed by atoms with Gasteiger partial charge in [0.05, 0.1) is 16.5 Å². The van der Waals surface area contributed by atoms with Crippen molar-refractivity contribution in [2.75, 3.05) is 4.90 Å². The van der Waals surface area contributed by atoms with Crippen LogP contribution in [0.2, 0.25) is 0 Å². The largest absolute Gasteiger partial charge is 0.507 e. The molecule has 9 heteroatoms. The Bertz CT molecular complexity index is 1250. The normalized spacial score (nSPS) is 17.9. The maximum atomic E-state index is 13.1. The summed E-state index contributed by atoms with van der Waals surface area (Å²) in [5, 5.41) is 24.4. The van der Waals surface area contributed by atoms with Crippen molar-refractivity contribution in [2.45, 2.75) is 19.9 Å². The molecule has 2 aromatic carbocycles. The van der Waals surface area contributed by atoms with E-state index in [-0.39, 0.29) is 22.2 Å². The van der Waals surface area contributed by atoms with Crippen molar-refractivity contribution in [2.24, 2.45) is 0 Å². The number of carbonyl (C=O) groups excluding carboxylic acids is 2. The van der Waals surface area contributed by atoms with Crippen molar-refractivity contribution in [1.29, 1.82) is 0 Å². The first-order valence-corrected chi connectivity index (χ1v) is 10.2. The standard InChI is InChI=1S/C22H17N3O5S/c1-12-6-7-13(2)16(10-12)19(26)17-18(14-4-3-5-15(11-14)25(29)30)24(21(28)20(17)27)22-23-8-9-31-22/h3-11,18,26H,1-2H3. The maximum absolute atomic E-state index is 13.1. The lowest BCUT2D eigenvalue weighted by molar-refractivity contribution is -0.384. The molecule has 3 aromatic rings. The molecule has 1 atom stereocenters. The number of hydrogen-bond donors (Lipinski definition) is 1. The van der Waals surface area contributed by atoms with E-state index >= 15 is 0 Å². The lowest BCUT2D eigenvalue weighted by Crippen LogP contribution is -2.29. The van der Waals surface area contributed by atoms with E-state index < -0.39 is 22.7 Å². The first-order chi connectivity index (χ1) is 14.8. The first-order valence-electron chi connectivity index (χ1n) is 9.32. The van der Waals surface area contributed by atoms with Crippen LogP contribution >= 0.6 is 11.3 Å². The van der Waals surface area contributed by atoms with Gasteiger partial charge in [0, 0.05) is 29.3 Å². The molecule has 1 amide bonds. The van der Waals surface area contributed by atoms with Crippen LogP contribution in [0.3, 0.4) is 0 Å². The molecule has 1 aliphatic rings. The van der Waals surface area contributed by atoms with Gasteiger partial charge < -0.3 is 5.11 Å². The second-order valence-corrected chi connectivity index (χ2v) is 8.03. The van der Waals surface area contributed by atoms with Gasteiger partial charge in [-0.25, -0.2) is 4.98 Å². The van der Waals surface area contributed by atoms with Gasteiger partial charge in [-0.3, -0.25) is 24.6 Å². The van der Waals surface area contributed by atoms with Crippen LogP contribution in [-0.4, -0.2) is 26.7 Å². The van der Waals surface area contributed by atoms with Gasteiger partial charge in [-0.15, -0.1) is 11.3 Å². The van der Waals surface area contributed by atoms with E-state index in [0.29, 0.717) is 11.1 Å². The second kappa shape index (κ2) is 7.77. The third-order valence-electron chi connectivity index (χ3n) is 5.11. The number of Topliss-reactive ketones (excluding diaryl/α,β-unsaturated/α-hetero) is 1. The Morgan fingerprint density at radius 3 is 2.65 bits per heavy atom. The van der Waals surface area contributed by atoms with Crippen molar-refractivity contribution in [1.82, 2.24) is 4.98 Å². The zero-order valence-corrected chi connectivity index (χ0v) is 17.4. The zero-order valence-electron chi connectivity index (χ0n) is 16.6. The van der Waals surface area contributed by atoms with E-state index in [0.717, 1.165) is 22.5 Å². The van der Waals surface area contributed by atoms with Crippen molar-refractivity contribution >= 4 is 39.6 Å². The molecule has 1 aromatic heterocycles. The first kappa shape index (κ1) is 20.4. The minimum Gasteiger partial charge on any atom is -0.507 e. The third kappa shape index (κ3) is 3.49. The fourth-order valence-electron chi connectivity index (χ4n) is 3.62. The van der Waals surface area contributed by atoms with Gasteiger partial charge in [0.25, 0.3) is 11.5 Å². The van der Waals surface area contributed by atoms with E-state index in [1.54, 1.807) is 24.4 Å². The fraction of sp³-hybridized carbons (Fsp3) is 0.136. The summed E-state index contributed by atoms with van der Waals surface area (Å²) >= 11 is 1.15. The van der Waals surface area contributed by atoms with E-state index in [4.69, 9.17) is 0 Å². The third-order valence-corrected chi connectivity index (χ3v) is 5.89. The quantitative estimate of drug-likeness (QED) is 0.215. The molecule has 0 aliphatic carbocycles. The molecule has 0 saturated carbocycles. The van der Waals surface area contributed by atoms with Crippen LogP contribution in [0.5, 0.6) is 0 Å². The molecule has 2 heterocycles. The summed E-state index contributed by atoms with van der Waals surface area (Å²) in [5.41, 5.74) is 2.03. The summed E-state index contributed by atoms with van der Waals surface area (Å²) in [7, 11) is 0. The van der Waals surface area contributed by atoms with Crippen LogP contribution in [0, 0.1) is 24.0 Å². The molecule has 156 valence electrons. The molecule has 1 unspecified atom stereocenters. The minimum atomic E-state index is -1.05. The SMILES string of the molecule is Cc1ccc(C)c(C(O)=C2C(=O)C(=O)N(c3nccs3)C2c2cccc([N+](=O)[O-])c2)c1. The smallest absolute Gasteiger partial charge is 0.301 e. The number of ketones is 1. The van der Waals surface area contributed by atoms with Gasteiger partial charge in [0.15, 0.2) is 5.13 Å². The van der Waals surface area contributed by atoms with Gasteiger partial charge in [-0.1, -0.05) is 29.8 Å². The molecule has 8 nitrogen and oxygen atoms in total. The number of anilines is 1. The minimum absolute atomic E-state index is 0.130. The van der Waals surface area contributed by atoms with E-state index in [9.17, 15) is 24.8 Å². The molecule has 4 rings (SSSR count). The Labute approximate surface area is 181 Å². The van der Waals surface area contributed by atoms with Gasteiger partial charge >= 0.3 is 5.91 Å². The number of carbonyl (C=O) groups is 2. The molecular formula is C22H17N3O5S. The monoisotopic (exact) mass is 435 g/mol. The summed E-state index contributed by atoms with van der Waals surface area (Å²) in [5.74, 6) is -2.04. The Balaban J connectivity index is 1.99. The highest BCUT2D eigenvalue weighted by Gasteiger charge is 2.48. The van der Waals surface area contributed by atoms with E-state index in [1.807, 2.05) is 19.1 Å². The van der Waals surface area contributed by atoms with E-state index in [2.05, 4.69) is 4.98 Å². The Hall–Kier alpha value is -3.85. The van der Waals surface area contributed by atoms with Crippen LogP contribution in [0.4, 0.5) is 10.8 Å². The Kier molecular flexibility index (Phi) is 5.12. The number of amides is 1. The number of nitro groups is 1. The summed E-state index contributed by atoms with van der Waals surface area (Å²) in [6.45, 7) is 3.64. The van der Waals surface area contributed by atoms with Gasteiger partial charge in [-0.2, -0.15) is 0 Å². The molecule has 1 saturated heterocycles. The highest BCUT2D eigenvalue weighted by molar-refractivity contribution is 7.14. The predicted octanol–water partition coefficient (Wildman–Crippen LogP) is 4.29. The second-order valence-electron chi connectivity index (χ2n) is 7.15. The lowest BCUT2D eigenvalue weighted by Gasteiger charge is -2.23. The number of aliphatic hydroxyl groups is 1. The van der Waals surface area contributed by atoms with Crippen molar-refractivity contribution < 1.29 is 19.6 Å². The van der Waals surface area contributed by atoms with Gasteiger partial charge in [0.1, 0.15) is 5.76 Å². The molecule has 1 fully saturated rings. The molecule has 31 heavy (non-hydrogen) atoms. The van der Waals surface area contributed by atoms with Crippen LogP contribution < -0.4 is 4.90 Å². The van der Waals surface area contributed by atoms with Crippen molar-refractivity contribution in [3.63, 3.8) is 0 Å². The number of hydrogen-bond acceptors (Lipinski definition) is 7. The lowest BCUT2D eigenvalue weighted by atomic mass is 9.93. The number of benzene rings is 2. The van der Waals surface area contributed by atoms with Gasteiger partial charge in [0.2, 0.25) is 0 Å². The highest BCUT2D eigenvalue weighted by atomic mass is 32.1. The fourth-order valence-corrected chi connectivity index (χ4v) is 4.29. The average Bonchev–Trinajstić information content (AvgIpc) is 3.36.